The van der Waals surface area contributed by atoms with Gasteiger partial charge < -0.3 is 4.42 Å². The van der Waals surface area contributed by atoms with Crippen LogP contribution in [0.15, 0.2) is 83.4 Å². The van der Waals surface area contributed by atoms with Crippen molar-refractivity contribution < 1.29 is 8.98 Å². The maximum Gasteiger partial charge on any atom is 0.216 e. The lowest BCUT2D eigenvalue weighted by Crippen LogP contribution is -2.30. The van der Waals surface area contributed by atoms with E-state index >= 15 is 0 Å². The van der Waals surface area contributed by atoms with Crippen LogP contribution >= 0.6 is 0 Å². The predicted octanol–water partition coefficient (Wildman–Crippen LogP) is 5.92. The first-order chi connectivity index (χ1) is 14.2. The van der Waals surface area contributed by atoms with Crippen molar-refractivity contribution in [3.63, 3.8) is 0 Å². The van der Waals surface area contributed by atoms with E-state index in [9.17, 15) is 5.26 Å². The third-order valence-electron chi connectivity index (χ3n) is 5.47. The van der Waals surface area contributed by atoms with Gasteiger partial charge >= 0.3 is 0 Å². The maximum atomic E-state index is 9.61. The van der Waals surface area contributed by atoms with Crippen molar-refractivity contribution in [2.75, 3.05) is 0 Å². The van der Waals surface area contributed by atoms with Gasteiger partial charge in [0.2, 0.25) is 5.69 Å². The zero-order chi connectivity index (χ0) is 20.0. The Balaban J connectivity index is 1.93. The van der Waals surface area contributed by atoms with Crippen LogP contribution in [0, 0.1) is 18.3 Å². The summed E-state index contributed by atoms with van der Waals surface area (Å²) in [6, 6.07) is 26.6. The van der Waals surface area contributed by atoms with E-state index in [1.165, 1.54) is 0 Å². The molecule has 2 heterocycles. The fourth-order valence-corrected chi connectivity index (χ4v) is 4.04. The number of pyridine rings is 1. The molecule has 5 rings (SSSR count). The number of nitrogens with zero attached hydrogens (tertiary/aromatic N) is 2. The van der Waals surface area contributed by atoms with E-state index in [-0.39, 0.29) is 0 Å². The van der Waals surface area contributed by atoms with Gasteiger partial charge in [0, 0.05) is 28.5 Å². The number of hydrogen-bond acceptors (Lipinski definition) is 2. The number of aryl methyl sites for hydroxylation is 2. The fraction of sp³-hybridized carbons (Fsp3) is 0.0769. The highest BCUT2D eigenvalue weighted by Gasteiger charge is 2.22. The number of furan rings is 1. The van der Waals surface area contributed by atoms with Crippen LogP contribution in [0.3, 0.4) is 0 Å². The Hall–Kier alpha value is -3.90. The molecule has 5 aromatic rings. The minimum Gasteiger partial charge on any atom is -0.454 e. The summed E-state index contributed by atoms with van der Waals surface area (Å²) < 4.78 is 8.64. The molecule has 0 atom stereocenters. The first kappa shape index (κ1) is 17.2. The highest BCUT2D eigenvalue weighted by Crippen LogP contribution is 2.41. The average molecular weight is 375 g/mol. The van der Waals surface area contributed by atoms with Gasteiger partial charge in [-0.3, -0.25) is 0 Å². The minimum atomic E-state index is 0.631. The second kappa shape index (κ2) is 6.61. The summed E-state index contributed by atoms with van der Waals surface area (Å²) in [6.45, 7) is 2.10. The Bertz CT molecular complexity index is 1420. The van der Waals surface area contributed by atoms with Gasteiger partial charge in [-0.1, -0.05) is 42.5 Å². The van der Waals surface area contributed by atoms with Crippen LogP contribution in [0.25, 0.3) is 44.3 Å². The predicted molar refractivity (Wildman–Crippen MR) is 115 cm³/mol. The molecule has 0 saturated heterocycles. The molecule has 0 aliphatic carbocycles. The second-order valence-electron chi connectivity index (χ2n) is 7.31. The summed E-state index contributed by atoms with van der Waals surface area (Å²) in [7, 11) is 2.04. The van der Waals surface area contributed by atoms with Crippen LogP contribution in [0.4, 0.5) is 0 Å². The quantitative estimate of drug-likeness (QED) is 0.359. The SMILES string of the molecule is Cc1ccc2c(oc3c(-c4ccccc4)cc(C#N)cc32)c1-c1cccc[n+]1C. The Morgan fingerprint density at radius 3 is 2.41 bits per heavy atom. The summed E-state index contributed by atoms with van der Waals surface area (Å²) in [5.74, 6) is 0. The molecule has 3 aromatic carbocycles. The average Bonchev–Trinajstić information content (AvgIpc) is 3.13. The Labute approximate surface area is 169 Å². The van der Waals surface area contributed by atoms with Gasteiger partial charge in [-0.15, -0.1) is 0 Å². The molecule has 138 valence electrons. The van der Waals surface area contributed by atoms with E-state index in [1.807, 2.05) is 67.8 Å². The molecule has 0 amide bonds. The van der Waals surface area contributed by atoms with Crippen molar-refractivity contribution in [1.29, 1.82) is 5.26 Å². The van der Waals surface area contributed by atoms with Gasteiger partial charge in [-0.25, -0.2) is 4.57 Å². The number of nitriles is 1. The maximum absolute atomic E-state index is 9.61. The molecule has 0 bridgehead atoms. The fourth-order valence-electron chi connectivity index (χ4n) is 4.04. The molecule has 0 saturated carbocycles. The molecule has 3 nitrogen and oxygen atoms in total. The smallest absolute Gasteiger partial charge is 0.216 e. The molecular formula is C26H19N2O+. The van der Waals surface area contributed by atoms with Gasteiger partial charge in [-0.2, -0.15) is 5.26 Å². The lowest BCUT2D eigenvalue weighted by Gasteiger charge is -2.05. The van der Waals surface area contributed by atoms with E-state index in [1.54, 1.807) is 0 Å². The number of aromatic nitrogens is 1. The van der Waals surface area contributed by atoms with E-state index in [4.69, 9.17) is 4.42 Å². The van der Waals surface area contributed by atoms with Crippen molar-refractivity contribution in [3.05, 3.63) is 90.1 Å². The van der Waals surface area contributed by atoms with Crippen molar-refractivity contribution in [3.8, 4) is 28.5 Å². The Morgan fingerprint density at radius 2 is 1.66 bits per heavy atom. The third kappa shape index (κ3) is 2.69. The first-order valence-corrected chi connectivity index (χ1v) is 9.58. The van der Waals surface area contributed by atoms with E-state index < -0.39 is 0 Å². The number of fused-ring (bicyclic) bond motifs is 3. The van der Waals surface area contributed by atoms with Gasteiger partial charge in [-0.05, 0) is 36.2 Å². The van der Waals surface area contributed by atoms with Gasteiger partial charge in [0.15, 0.2) is 6.20 Å². The number of benzene rings is 3. The molecule has 0 aliphatic heterocycles. The second-order valence-corrected chi connectivity index (χ2v) is 7.31. The van der Waals surface area contributed by atoms with E-state index in [0.29, 0.717) is 5.56 Å². The Morgan fingerprint density at radius 1 is 0.862 bits per heavy atom. The molecule has 0 aliphatic rings. The molecule has 0 spiro atoms. The Kier molecular flexibility index (Phi) is 3.93. The lowest BCUT2D eigenvalue weighted by molar-refractivity contribution is -0.660. The molecule has 0 radical (unpaired) electrons. The summed E-state index contributed by atoms with van der Waals surface area (Å²) in [5.41, 5.74) is 7.61. The molecule has 0 N–H and O–H groups in total. The zero-order valence-corrected chi connectivity index (χ0v) is 16.3. The van der Waals surface area contributed by atoms with Crippen LogP contribution in [0.2, 0.25) is 0 Å². The topological polar surface area (TPSA) is 40.8 Å². The van der Waals surface area contributed by atoms with Crippen LogP contribution < -0.4 is 4.57 Å². The van der Waals surface area contributed by atoms with Crippen LogP contribution in [0.1, 0.15) is 11.1 Å². The normalized spacial score (nSPS) is 11.1. The monoisotopic (exact) mass is 375 g/mol. The summed E-state index contributed by atoms with van der Waals surface area (Å²) in [5, 5.41) is 11.6. The molecule has 2 aromatic heterocycles. The molecule has 0 unspecified atom stereocenters. The van der Waals surface area contributed by atoms with Gasteiger partial charge in [0.25, 0.3) is 0 Å². The van der Waals surface area contributed by atoms with Crippen molar-refractivity contribution in [1.82, 2.24) is 0 Å². The molecular weight excluding hydrogens is 356 g/mol. The number of hydrogen-bond donors (Lipinski definition) is 0. The van der Waals surface area contributed by atoms with Crippen molar-refractivity contribution >= 4 is 21.9 Å². The van der Waals surface area contributed by atoms with Crippen LogP contribution in [-0.2, 0) is 7.05 Å². The standard InChI is InChI=1S/C26H19N2O/c1-17-11-12-20-22-15-18(16-27)14-21(19-8-4-3-5-9-19)25(22)29-26(20)24(17)23-10-6-7-13-28(23)2/h3-15H,1-2H3/q+1. The molecule has 3 heteroatoms. The van der Waals surface area contributed by atoms with Crippen molar-refractivity contribution in [2.45, 2.75) is 6.92 Å². The lowest BCUT2D eigenvalue weighted by atomic mass is 9.97. The van der Waals surface area contributed by atoms with Gasteiger partial charge in [0.05, 0.1) is 17.2 Å². The van der Waals surface area contributed by atoms with E-state index in [2.05, 4.69) is 35.8 Å². The first-order valence-electron chi connectivity index (χ1n) is 9.58. The van der Waals surface area contributed by atoms with Crippen LogP contribution in [0.5, 0.6) is 0 Å². The third-order valence-corrected chi connectivity index (χ3v) is 5.47. The zero-order valence-electron chi connectivity index (χ0n) is 16.3. The van der Waals surface area contributed by atoms with Crippen LogP contribution in [-0.4, -0.2) is 0 Å². The largest absolute Gasteiger partial charge is 0.454 e. The molecule has 29 heavy (non-hydrogen) atoms. The minimum absolute atomic E-state index is 0.631. The number of rotatable bonds is 2. The van der Waals surface area contributed by atoms with Gasteiger partial charge in [0.1, 0.15) is 18.2 Å². The summed E-state index contributed by atoms with van der Waals surface area (Å²) in [4.78, 5) is 0. The van der Waals surface area contributed by atoms with E-state index in [0.717, 1.165) is 49.9 Å². The highest BCUT2D eigenvalue weighted by molar-refractivity contribution is 6.13. The van der Waals surface area contributed by atoms with Crippen molar-refractivity contribution in [2.24, 2.45) is 7.05 Å². The summed E-state index contributed by atoms with van der Waals surface area (Å²) >= 11 is 0. The summed E-state index contributed by atoms with van der Waals surface area (Å²) in [6.07, 6.45) is 2.04. The molecule has 0 fully saturated rings. The highest BCUT2D eigenvalue weighted by atomic mass is 16.3.